The van der Waals surface area contributed by atoms with E-state index in [2.05, 4.69) is 51.8 Å². The highest BCUT2D eigenvalue weighted by Gasteiger charge is 2.37. The zero-order valence-corrected chi connectivity index (χ0v) is 26.6. The quantitative estimate of drug-likeness (QED) is 0.184. The highest BCUT2D eigenvalue weighted by Crippen LogP contribution is 2.37. The molecule has 5 nitrogen and oxygen atoms in total. The Morgan fingerprint density at radius 1 is 0.973 bits per heavy atom. The third-order valence-corrected chi connectivity index (χ3v) is 12.7. The normalized spacial score (nSPS) is 13.8. The molecule has 0 atom stereocenters. The van der Waals surface area contributed by atoms with Gasteiger partial charge < -0.3 is 9.74 Å². The highest BCUT2D eigenvalue weighted by molar-refractivity contribution is 7.90. The van der Waals surface area contributed by atoms with Gasteiger partial charge in [0, 0.05) is 41.2 Å². The van der Waals surface area contributed by atoms with E-state index in [1.54, 1.807) is 36.4 Å². The smallest absolute Gasteiger partial charge is 0.247 e. The Morgan fingerprint density at radius 3 is 1.89 bits per heavy atom. The molecule has 0 unspecified atom stereocenters. The van der Waals surface area contributed by atoms with Crippen LogP contribution >= 0.6 is 24.2 Å². The summed E-state index contributed by atoms with van der Waals surface area (Å²) in [5.74, 6) is -0.210. The number of rotatable bonds is 10. The molecule has 0 aliphatic carbocycles. The van der Waals surface area contributed by atoms with E-state index in [1.807, 2.05) is 26.0 Å². The third-order valence-electron chi connectivity index (χ3n) is 6.58. The number of hydrogen-bond donors (Lipinski definition) is 2. The lowest BCUT2D eigenvalue weighted by atomic mass is 9.91. The van der Waals surface area contributed by atoms with E-state index >= 15 is 0 Å². The van der Waals surface area contributed by atoms with Crippen molar-refractivity contribution in [2.45, 2.75) is 68.8 Å². The second-order valence-electron chi connectivity index (χ2n) is 11.5. The number of benzene rings is 2. The molecule has 0 fully saturated rings. The fourth-order valence-electron chi connectivity index (χ4n) is 3.38. The summed E-state index contributed by atoms with van der Waals surface area (Å²) in [6, 6.07) is 13.9. The van der Waals surface area contributed by atoms with Gasteiger partial charge in [-0.3, -0.25) is 4.79 Å². The van der Waals surface area contributed by atoms with Gasteiger partial charge in [-0.05, 0) is 72.9 Å². The predicted octanol–water partition coefficient (Wildman–Crippen LogP) is 6.78. The van der Waals surface area contributed by atoms with Crippen molar-refractivity contribution in [3.63, 3.8) is 0 Å². The van der Waals surface area contributed by atoms with Gasteiger partial charge in [0.2, 0.25) is 5.91 Å². The minimum absolute atomic E-state index is 0.0374. The Kier molecular flexibility index (Phi) is 10.3. The standard InChI is InChI=1S/C28H40ClNO4S2Si/c1-27(2,3)37(7,8)34-18-17-24(26(31)30-19-28(4,5)35)25(20-9-13-22(29)14-10-20)21-11-15-23(16-12-21)36(6,32)33/h9-16,35H,17-19H2,1-8H3,(H,30,31)/b25-24-. The summed E-state index contributed by atoms with van der Waals surface area (Å²) in [6.07, 6.45) is 1.56. The molecule has 9 heteroatoms. The zero-order valence-electron chi connectivity index (χ0n) is 23.1. The van der Waals surface area contributed by atoms with Crippen molar-refractivity contribution in [1.82, 2.24) is 5.32 Å². The highest BCUT2D eigenvalue weighted by atomic mass is 35.5. The first-order valence-corrected chi connectivity index (χ1v) is 17.9. The van der Waals surface area contributed by atoms with Crippen LogP contribution < -0.4 is 5.32 Å². The van der Waals surface area contributed by atoms with Gasteiger partial charge in [-0.2, -0.15) is 12.6 Å². The molecule has 2 aromatic carbocycles. The molecule has 2 rings (SSSR count). The van der Waals surface area contributed by atoms with Gasteiger partial charge in [-0.25, -0.2) is 8.42 Å². The molecule has 0 aliphatic heterocycles. The average molecular weight is 582 g/mol. The van der Waals surface area contributed by atoms with Gasteiger partial charge in [0.1, 0.15) is 0 Å². The van der Waals surface area contributed by atoms with Crippen LogP contribution in [0.1, 0.15) is 52.2 Å². The van der Waals surface area contributed by atoms with Gasteiger partial charge in [0.15, 0.2) is 18.2 Å². The van der Waals surface area contributed by atoms with Gasteiger partial charge in [-0.15, -0.1) is 0 Å². The number of sulfone groups is 1. The molecular formula is C28H40ClNO4S2Si. The fourth-order valence-corrected chi connectivity index (χ4v) is 5.26. The summed E-state index contributed by atoms with van der Waals surface area (Å²) in [7, 11) is -5.39. The zero-order chi connectivity index (χ0) is 28.2. The average Bonchev–Trinajstić information content (AvgIpc) is 2.76. The molecule has 0 radical (unpaired) electrons. The summed E-state index contributed by atoms with van der Waals surface area (Å²) < 4.78 is 30.1. The van der Waals surface area contributed by atoms with Crippen LogP contribution in [0.15, 0.2) is 59.0 Å². The van der Waals surface area contributed by atoms with Crippen LogP contribution in [0.5, 0.6) is 0 Å². The van der Waals surface area contributed by atoms with Crippen molar-refractivity contribution in [1.29, 1.82) is 0 Å². The topological polar surface area (TPSA) is 72.5 Å². The van der Waals surface area contributed by atoms with Gasteiger partial charge in [0.05, 0.1) is 4.90 Å². The lowest BCUT2D eigenvalue weighted by molar-refractivity contribution is -0.117. The van der Waals surface area contributed by atoms with Gasteiger partial charge in [-0.1, -0.05) is 56.6 Å². The third kappa shape index (κ3) is 9.28. The van der Waals surface area contributed by atoms with Crippen LogP contribution in [0.3, 0.4) is 0 Å². The Bertz CT molecular complexity index is 1220. The molecule has 0 aromatic heterocycles. The van der Waals surface area contributed by atoms with E-state index in [1.165, 1.54) is 6.26 Å². The van der Waals surface area contributed by atoms with Crippen molar-refractivity contribution in [3.05, 3.63) is 70.3 Å². The molecule has 0 saturated heterocycles. The molecule has 1 amide bonds. The molecule has 0 saturated carbocycles. The summed E-state index contributed by atoms with van der Waals surface area (Å²) in [4.78, 5) is 13.9. The maximum atomic E-state index is 13.7. The first kappa shape index (κ1) is 31.6. The maximum Gasteiger partial charge on any atom is 0.247 e. The Balaban J connectivity index is 2.66. The minimum Gasteiger partial charge on any atom is -0.416 e. The van der Waals surface area contributed by atoms with E-state index in [4.69, 9.17) is 16.0 Å². The van der Waals surface area contributed by atoms with Crippen LogP contribution in [0.25, 0.3) is 5.57 Å². The molecule has 0 heterocycles. The first-order valence-electron chi connectivity index (χ1n) is 12.3. The molecule has 37 heavy (non-hydrogen) atoms. The second-order valence-corrected chi connectivity index (χ2v) is 20.0. The number of thiol groups is 1. The number of amides is 1. The number of carbonyl (C=O) groups is 1. The van der Waals surface area contributed by atoms with Crippen molar-refractivity contribution in [3.8, 4) is 0 Å². The van der Waals surface area contributed by atoms with Gasteiger partial charge in [0.25, 0.3) is 0 Å². The number of carbonyl (C=O) groups excluding carboxylic acids is 1. The number of halogens is 1. The monoisotopic (exact) mass is 581 g/mol. The molecular weight excluding hydrogens is 542 g/mol. The van der Waals surface area contributed by atoms with E-state index in [0.29, 0.717) is 35.7 Å². The predicted molar refractivity (Wildman–Crippen MR) is 161 cm³/mol. The van der Waals surface area contributed by atoms with E-state index in [0.717, 1.165) is 11.1 Å². The minimum atomic E-state index is -3.36. The summed E-state index contributed by atoms with van der Waals surface area (Å²) >= 11 is 10.7. The second kappa shape index (κ2) is 12.1. The van der Waals surface area contributed by atoms with Crippen LogP contribution in [-0.2, 0) is 19.1 Å². The lowest BCUT2D eigenvalue weighted by Gasteiger charge is -2.36. The molecule has 0 spiro atoms. The van der Waals surface area contributed by atoms with Crippen LogP contribution in [0.4, 0.5) is 0 Å². The number of hydrogen-bond acceptors (Lipinski definition) is 5. The van der Waals surface area contributed by atoms with Crippen LogP contribution in [0.2, 0.25) is 23.2 Å². The van der Waals surface area contributed by atoms with Crippen molar-refractivity contribution in [2.75, 3.05) is 19.4 Å². The van der Waals surface area contributed by atoms with E-state index in [9.17, 15) is 13.2 Å². The van der Waals surface area contributed by atoms with Crippen molar-refractivity contribution in [2.24, 2.45) is 0 Å². The molecule has 0 aliphatic rings. The SMILES string of the molecule is CC(C)(S)CNC(=O)/C(CCO[Si](C)(C)C(C)(C)C)=C(/c1ccc(Cl)cc1)c1ccc(S(C)(=O)=O)cc1. The summed E-state index contributed by atoms with van der Waals surface area (Å²) in [6.45, 7) is 15.5. The largest absolute Gasteiger partial charge is 0.416 e. The lowest BCUT2D eigenvalue weighted by Crippen LogP contribution is -2.41. The molecule has 204 valence electrons. The fraction of sp³-hybridized carbons (Fsp3) is 0.464. The Labute approximate surface area is 234 Å². The van der Waals surface area contributed by atoms with E-state index < -0.39 is 22.9 Å². The molecule has 2 aromatic rings. The Hall–Kier alpha value is -1.58. The van der Waals surface area contributed by atoms with Gasteiger partial charge >= 0.3 is 0 Å². The molecule has 0 bridgehead atoms. The molecule has 1 N–H and O–H groups in total. The number of nitrogens with one attached hydrogen (secondary N) is 1. The van der Waals surface area contributed by atoms with E-state index in [-0.39, 0.29) is 15.8 Å². The first-order chi connectivity index (χ1) is 16.8. The van der Waals surface area contributed by atoms with Crippen molar-refractivity contribution < 1.29 is 17.6 Å². The van der Waals surface area contributed by atoms with Crippen LogP contribution in [-0.4, -0.2) is 46.8 Å². The summed E-state index contributed by atoms with van der Waals surface area (Å²) in [5, 5.41) is 3.65. The van der Waals surface area contributed by atoms with Crippen LogP contribution in [0, 0.1) is 0 Å². The Morgan fingerprint density at radius 2 is 1.46 bits per heavy atom. The van der Waals surface area contributed by atoms with Crippen molar-refractivity contribution >= 4 is 53.9 Å². The summed E-state index contributed by atoms with van der Waals surface area (Å²) in [5.41, 5.74) is 2.81. The maximum absolute atomic E-state index is 13.7.